The first-order valence-electron chi connectivity index (χ1n) is 9.47. The minimum Gasteiger partial charge on any atom is -0.366 e. The molecule has 0 heterocycles. The van der Waals surface area contributed by atoms with E-state index in [1.807, 2.05) is 0 Å². The van der Waals surface area contributed by atoms with Crippen molar-refractivity contribution in [2.24, 2.45) is 11.7 Å². The van der Waals surface area contributed by atoms with E-state index >= 15 is 0 Å². The average Bonchev–Trinajstić information content (AvgIpc) is 3.10. The van der Waals surface area contributed by atoms with Crippen LogP contribution in [0.15, 0.2) is 60.7 Å². The highest BCUT2D eigenvalue weighted by Gasteiger charge is 2.21. The molecule has 0 bridgehead atoms. The second kappa shape index (κ2) is 8.75. The van der Waals surface area contributed by atoms with Gasteiger partial charge < -0.3 is 5.73 Å². The zero-order valence-electron chi connectivity index (χ0n) is 15.8. The number of hydrogen-bond acceptors (Lipinski definition) is 1. The summed E-state index contributed by atoms with van der Waals surface area (Å²) in [6, 6.07) is 17.6. The number of aryl methyl sites for hydroxylation is 1. The van der Waals surface area contributed by atoms with Crippen LogP contribution in [0.2, 0.25) is 0 Å². The average molecular weight is 414 g/mol. The van der Waals surface area contributed by atoms with E-state index in [-0.39, 0.29) is 29.4 Å². The lowest BCUT2D eigenvalue weighted by Crippen LogP contribution is -2.13. The molecule has 1 aliphatic rings. The normalized spacial score (nSPS) is 13.0. The van der Waals surface area contributed by atoms with Crippen molar-refractivity contribution in [3.63, 3.8) is 0 Å². The van der Waals surface area contributed by atoms with Crippen molar-refractivity contribution in [2.75, 3.05) is 0 Å². The molecule has 3 aromatic carbocycles. The molecule has 2 N–H and O–H groups in total. The zero-order valence-corrected chi connectivity index (χ0v) is 16.6. The molecule has 0 spiro atoms. The van der Waals surface area contributed by atoms with Gasteiger partial charge in [0.05, 0.1) is 5.56 Å². The monoisotopic (exact) mass is 413 g/mol. The van der Waals surface area contributed by atoms with Crippen LogP contribution in [0.3, 0.4) is 0 Å². The number of carbonyl (C=O) groups excluding carboxylic acids is 1. The van der Waals surface area contributed by atoms with Gasteiger partial charge in [0.25, 0.3) is 5.91 Å². The van der Waals surface area contributed by atoms with Crippen LogP contribution >= 0.6 is 12.4 Å². The molecule has 0 unspecified atom stereocenters. The number of nitrogens with two attached hydrogens (primary N) is 1. The molecule has 4 rings (SSSR count). The Kier molecular flexibility index (Phi) is 6.33. The number of primary amides is 1. The summed E-state index contributed by atoms with van der Waals surface area (Å²) in [7, 11) is 0. The summed E-state index contributed by atoms with van der Waals surface area (Å²) in [5, 5.41) is 0. The second-order valence-corrected chi connectivity index (χ2v) is 7.42. The van der Waals surface area contributed by atoms with E-state index in [1.165, 1.54) is 29.3 Å². The maximum absolute atomic E-state index is 14.6. The Labute approximate surface area is 175 Å². The van der Waals surface area contributed by atoms with E-state index in [0.29, 0.717) is 23.5 Å². The SMILES string of the molecule is Cl.NC(=O)c1cccc(-c2ccc(CCC3Cc4ccccc4C3)c(F)c2)c1F. The minimum atomic E-state index is -0.839. The fourth-order valence-electron chi connectivity index (χ4n) is 4.08. The summed E-state index contributed by atoms with van der Waals surface area (Å²) in [6.45, 7) is 0. The van der Waals surface area contributed by atoms with Crippen LogP contribution in [0.1, 0.15) is 33.5 Å². The van der Waals surface area contributed by atoms with E-state index in [2.05, 4.69) is 24.3 Å². The Morgan fingerprint density at radius 3 is 2.28 bits per heavy atom. The Bertz CT molecular complexity index is 1030. The van der Waals surface area contributed by atoms with Gasteiger partial charge in [0.1, 0.15) is 11.6 Å². The van der Waals surface area contributed by atoms with Crippen LogP contribution in [0.4, 0.5) is 8.78 Å². The van der Waals surface area contributed by atoms with Crippen molar-refractivity contribution in [1.29, 1.82) is 0 Å². The molecule has 0 fully saturated rings. The maximum Gasteiger partial charge on any atom is 0.251 e. The first kappa shape index (κ1) is 21.0. The second-order valence-electron chi connectivity index (χ2n) is 7.42. The quantitative estimate of drug-likeness (QED) is 0.589. The minimum absolute atomic E-state index is 0. The fourth-order valence-corrected chi connectivity index (χ4v) is 4.08. The number of halogens is 3. The third-order valence-corrected chi connectivity index (χ3v) is 5.59. The summed E-state index contributed by atoms with van der Waals surface area (Å²) in [6.07, 6.45) is 3.65. The van der Waals surface area contributed by atoms with Gasteiger partial charge in [-0.2, -0.15) is 0 Å². The molecule has 1 amide bonds. The van der Waals surface area contributed by atoms with Gasteiger partial charge in [-0.25, -0.2) is 8.78 Å². The van der Waals surface area contributed by atoms with Gasteiger partial charge in [0.2, 0.25) is 0 Å². The molecule has 0 saturated carbocycles. The van der Waals surface area contributed by atoms with Crippen LogP contribution in [-0.2, 0) is 19.3 Å². The third kappa shape index (κ3) is 4.33. The van der Waals surface area contributed by atoms with Gasteiger partial charge in [0.15, 0.2) is 0 Å². The third-order valence-electron chi connectivity index (χ3n) is 5.59. The lowest BCUT2D eigenvalue weighted by Gasteiger charge is -2.11. The lowest BCUT2D eigenvalue weighted by molar-refractivity contribution is 0.0996. The molecular formula is C24H22ClF2NO. The molecule has 2 nitrogen and oxygen atoms in total. The van der Waals surface area contributed by atoms with Crippen LogP contribution in [-0.4, -0.2) is 5.91 Å². The largest absolute Gasteiger partial charge is 0.366 e. The molecule has 0 radical (unpaired) electrons. The molecule has 0 atom stereocenters. The van der Waals surface area contributed by atoms with Crippen molar-refractivity contribution in [3.8, 4) is 11.1 Å². The van der Waals surface area contributed by atoms with Crippen LogP contribution in [0.5, 0.6) is 0 Å². The van der Waals surface area contributed by atoms with Crippen molar-refractivity contribution < 1.29 is 13.6 Å². The molecule has 1 aliphatic carbocycles. The molecule has 150 valence electrons. The predicted molar refractivity (Wildman–Crippen MR) is 113 cm³/mol. The van der Waals surface area contributed by atoms with Crippen LogP contribution < -0.4 is 5.73 Å². The summed E-state index contributed by atoms with van der Waals surface area (Å²) >= 11 is 0. The predicted octanol–water partition coefficient (Wildman–Crippen LogP) is 5.50. The van der Waals surface area contributed by atoms with Crippen molar-refractivity contribution in [2.45, 2.75) is 25.7 Å². The lowest BCUT2D eigenvalue weighted by atomic mass is 9.95. The van der Waals surface area contributed by atoms with Gasteiger partial charge in [0, 0.05) is 5.56 Å². The van der Waals surface area contributed by atoms with Crippen LogP contribution in [0, 0.1) is 17.6 Å². The summed E-state index contributed by atoms with van der Waals surface area (Å²) < 4.78 is 29.1. The Morgan fingerprint density at radius 1 is 0.966 bits per heavy atom. The maximum atomic E-state index is 14.6. The zero-order chi connectivity index (χ0) is 19.7. The number of rotatable bonds is 5. The number of carbonyl (C=O) groups is 1. The fraction of sp³-hybridized carbons (Fsp3) is 0.208. The van der Waals surface area contributed by atoms with Crippen molar-refractivity contribution in [3.05, 3.63) is 94.6 Å². The highest BCUT2D eigenvalue weighted by molar-refractivity contribution is 5.94. The molecular weight excluding hydrogens is 392 g/mol. The molecule has 3 aromatic rings. The smallest absolute Gasteiger partial charge is 0.251 e. The number of fused-ring (bicyclic) bond motifs is 1. The van der Waals surface area contributed by atoms with E-state index in [9.17, 15) is 13.6 Å². The first-order valence-corrected chi connectivity index (χ1v) is 9.47. The van der Waals surface area contributed by atoms with Gasteiger partial charge in [-0.1, -0.05) is 48.5 Å². The van der Waals surface area contributed by atoms with Gasteiger partial charge in [-0.3, -0.25) is 4.79 Å². The summed E-state index contributed by atoms with van der Waals surface area (Å²) in [5.41, 5.74) is 9.00. The highest BCUT2D eigenvalue weighted by Crippen LogP contribution is 2.31. The van der Waals surface area contributed by atoms with E-state index < -0.39 is 11.7 Å². The number of hydrogen-bond donors (Lipinski definition) is 1. The Balaban J connectivity index is 0.00000240. The van der Waals surface area contributed by atoms with Crippen molar-refractivity contribution >= 4 is 18.3 Å². The Morgan fingerprint density at radius 2 is 1.66 bits per heavy atom. The van der Waals surface area contributed by atoms with Crippen molar-refractivity contribution in [1.82, 2.24) is 0 Å². The number of amides is 1. The molecule has 0 aromatic heterocycles. The molecule has 29 heavy (non-hydrogen) atoms. The summed E-state index contributed by atoms with van der Waals surface area (Å²) in [5.74, 6) is -1.38. The highest BCUT2D eigenvalue weighted by atomic mass is 35.5. The van der Waals surface area contributed by atoms with Gasteiger partial charge in [-0.15, -0.1) is 12.4 Å². The summed E-state index contributed by atoms with van der Waals surface area (Å²) in [4.78, 5) is 11.3. The van der Waals surface area contributed by atoms with E-state index in [0.717, 1.165) is 19.3 Å². The van der Waals surface area contributed by atoms with Gasteiger partial charge >= 0.3 is 0 Å². The van der Waals surface area contributed by atoms with E-state index in [1.54, 1.807) is 18.2 Å². The number of benzene rings is 3. The van der Waals surface area contributed by atoms with Gasteiger partial charge in [-0.05, 0) is 66.0 Å². The van der Waals surface area contributed by atoms with Crippen LogP contribution in [0.25, 0.3) is 11.1 Å². The first-order chi connectivity index (χ1) is 13.5. The Hall–Kier alpha value is -2.72. The molecule has 0 aliphatic heterocycles. The van der Waals surface area contributed by atoms with E-state index in [4.69, 9.17) is 5.73 Å². The molecule has 0 saturated heterocycles. The standard InChI is InChI=1S/C24H21F2NO.ClH/c25-22-14-19(20-6-3-7-21(23(20)26)24(27)28)11-10-16(22)9-8-15-12-17-4-1-2-5-18(17)13-15;/h1-7,10-11,14-15H,8-9,12-13H2,(H2,27,28);1H. The topological polar surface area (TPSA) is 43.1 Å². The molecule has 5 heteroatoms.